The van der Waals surface area contributed by atoms with Crippen LogP contribution in [-0.2, 0) is 11.3 Å². The summed E-state index contributed by atoms with van der Waals surface area (Å²) in [5.41, 5.74) is 7.93. The third kappa shape index (κ3) is 3.03. The van der Waals surface area contributed by atoms with E-state index in [-0.39, 0.29) is 0 Å². The van der Waals surface area contributed by atoms with Crippen LogP contribution in [0.25, 0.3) is 0 Å². The smallest absolute Gasteiger partial charge is 0.0703 e. The SMILES string of the molecule is Nc1ccc(CN(CC2CCCO2)C2CC2)cc1. The first-order valence-corrected chi connectivity index (χ1v) is 7.01. The van der Waals surface area contributed by atoms with Crippen molar-refractivity contribution in [3.05, 3.63) is 29.8 Å². The topological polar surface area (TPSA) is 38.5 Å². The number of nitrogens with zero attached hydrogens (tertiary/aromatic N) is 1. The van der Waals surface area contributed by atoms with Gasteiger partial charge in [0.15, 0.2) is 0 Å². The summed E-state index contributed by atoms with van der Waals surface area (Å²) in [5, 5.41) is 0. The molecule has 1 saturated heterocycles. The van der Waals surface area contributed by atoms with Crippen LogP contribution in [0.5, 0.6) is 0 Å². The lowest BCUT2D eigenvalue weighted by Gasteiger charge is -2.25. The fraction of sp³-hybridized carbons (Fsp3) is 0.600. The van der Waals surface area contributed by atoms with E-state index in [0.717, 1.165) is 31.4 Å². The van der Waals surface area contributed by atoms with E-state index in [1.54, 1.807) is 0 Å². The molecule has 1 heterocycles. The van der Waals surface area contributed by atoms with E-state index < -0.39 is 0 Å². The molecule has 1 aromatic rings. The van der Waals surface area contributed by atoms with Crippen LogP contribution < -0.4 is 5.73 Å². The summed E-state index contributed by atoms with van der Waals surface area (Å²) in [6.07, 6.45) is 5.61. The van der Waals surface area contributed by atoms with E-state index in [1.165, 1.54) is 31.2 Å². The van der Waals surface area contributed by atoms with Gasteiger partial charge in [-0.15, -0.1) is 0 Å². The molecule has 0 bridgehead atoms. The molecule has 3 rings (SSSR count). The highest BCUT2D eigenvalue weighted by Crippen LogP contribution is 2.29. The molecule has 0 aromatic heterocycles. The predicted octanol–water partition coefficient (Wildman–Crippen LogP) is 2.41. The first-order valence-electron chi connectivity index (χ1n) is 7.01. The van der Waals surface area contributed by atoms with Gasteiger partial charge < -0.3 is 10.5 Å². The Bertz CT molecular complexity index is 380. The van der Waals surface area contributed by atoms with Gasteiger partial charge in [-0.3, -0.25) is 4.90 Å². The number of hydrogen-bond donors (Lipinski definition) is 1. The van der Waals surface area contributed by atoms with Gasteiger partial charge in [-0.2, -0.15) is 0 Å². The summed E-state index contributed by atoms with van der Waals surface area (Å²) < 4.78 is 5.76. The number of nitrogens with two attached hydrogens (primary N) is 1. The third-order valence-electron chi connectivity index (χ3n) is 3.89. The summed E-state index contributed by atoms with van der Waals surface area (Å²) in [6.45, 7) is 3.07. The molecule has 18 heavy (non-hydrogen) atoms. The average Bonchev–Trinajstić information content (AvgIpc) is 3.10. The fourth-order valence-electron chi connectivity index (χ4n) is 2.69. The zero-order valence-electron chi connectivity index (χ0n) is 10.8. The van der Waals surface area contributed by atoms with E-state index in [2.05, 4.69) is 17.0 Å². The van der Waals surface area contributed by atoms with Gasteiger partial charge in [0.25, 0.3) is 0 Å². The van der Waals surface area contributed by atoms with E-state index in [1.807, 2.05) is 12.1 Å². The van der Waals surface area contributed by atoms with Crippen LogP contribution in [-0.4, -0.2) is 30.2 Å². The predicted molar refractivity (Wildman–Crippen MR) is 73.3 cm³/mol. The largest absolute Gasteiger partial charge is 0.399 e. The van der Waals surface area contributed by atoms with Gasteiger partial charge in [-0.1, -0.05) is 12.1 Å². The van der Waals surface area contributed by atoms with Crippen molar-refractivity contribution in [3.63, 3.8) is 0 Å². The highest BCUT2D eigenvalue weighted by molar-refractivity contribution is 5.39. The van der Waals surface area contributed by atoms with Crippen LogP contribution in [0.15, 0.2) is 24.3 Å². The monoisotopic (exact) mass is 246 g/mol. The minimum Gasteiger partial charge on any atom is -0.399 e. The molecule has 1 aromatic carbocycles. The van der Waals surface area contributed by atoms with Gasteiger partial charge in [0.05, 0.1) is 6.10 Å². The Kier molecular flexibility index (Phi) is 3.52. The zero-order chi connectivity index (χ0) is 12.4. The molecule has 0 radical (unpaired) electrons. The molecule has 3 heteroatoms. The lowest BCUT2D eigenvalue weighted by atomic mass is 10.1. The molecule has 1 aliphatic heterocycles. The number of hydrogen-bond acceptors (Lipinski definition) is 3. The lowest BCUT2D eigenvalue weighted by Crippen LogP contribution is -2.33. The first-order chi connectivity index (χ1) is 8.81. The zero-order valence-corrected chi connectivity index (χ0v) is 10.8. The molecule has 1 aliphatic carbocycles. The second kappa shape index (κ2) is 5.29. The Morgan fingerprint density at radius 1 is 1.17 bits per heavy atom. The van der Waals surface area contributed by atoms with Crippen molar-refractivity contribution in [1.82, 2.24) is 4.90 Å². The van der Waals surface area contributed by atoms with E-state index in [4.69, 9.17) is 10.5 Å². The Hall–Kier alpha value is -1.06. The second-order valence-electron chi connectivity index (χ2n) is 5.54. The summed E-state index contributed by atoms with van der Waals surface area (Å²) in [5.74, 6) is 0. The van der Waals surface area contributed by atoms with Gasteiger partial charge in [-0.05, 0) is 43.4 Å². The quantitative estimate of drug-likeness (QED) is 0.811. The second-order valence-corrected chi connectivity index (χ2v) is 5.54. The minimum atomic E-state index is 0.458. The number of anilines is 1. The molecule has 3 nitrogen and oxygen atoms in total. The van der Waals surface area contributed by atoms with Crippen molar-refractivity contribution in [2.24, 2.45) is 0 Å². The molecule has 0 amide bonds. The fourth-order valence-corrected chi connectivity index (χ4v) is 2.69. The van der Waals surface area contributed by atoms with E-state index in [9.17, 15) is 0 Å². The van der Waals surface area contributed by atoms with Gasteiger partial charge in [0, 0.05) is 31.4 Å². The average molecular weight is 246 g/mol. The standard InChI is InChI=1S/C15H22N2O/c16-13-5-3-12(4-6-13)10-17(14-7-8-14)11-15-2-1-9-18-15/h3-6,14-15H,1-2,7-11,16H2. The maximum absolute atomic E-state index is 5.76. The Balaban J connectivity index is 1.60. The van der Waals surface area contributed by atoms with Crippen molar-refractivity contribution in [2.75, 3.05) is 18.9 Å². The van der Waals surface area contributed by atoms with Crippen molar-refractivity contribution >= 4 is 5.69 Å². The van der Waals surface area contributed by atoms with Gasteiger partial charge in [-0.25, -0.2) is 0 Å². The molecule has 1 atom stereocenters. The van der Waals surface area contributed by atoms with Gasteiger partial charge in [0.1, 0.15) is 0 Å². The number of ether oxygens (including phenoxy) is 1. The minimum absolute atomic E-state index is 0.458. The molecule has 2 fully saturated rings. The van der Waals surface area contributed by atoms with Gasteiger partial charge >= 0.3 is 0 Å². The third-order valence-corrected chi connectivity index (χ3v) is 3.89. The van der Waals surface area contributed by atoms with Crippen LogP contribution in [0.2, 0.25) is 0 Å². The summed E-state index contributed by atoms with van der Waals surface area (Å²) >= 11 is 0. The molecular weight excluding hydrogens is 224 g/mol. The van der Waals surface area contributed by atoms with Crippen molar-refractivity contribution in [2.45, 2.75) is 44.4 Å². The molecule has 2 aliphatic rings. The number of rotatable bonds is 5. The summed E-state index contributed by atoms with van der Waals surface area (Å²) in [4.78, 5) is 2.58. The Labute approximate surface area is 109 Å². The van der Waals surface area contributed by atoms with Crippen LogP contribution in [0.4, 0.5) is 5.69 Å². The van der Waals surface area contributed by atoms with Crippen LogP contribution >= 0.6 is 0 Å². The highest BCUT2D eigenvalue weighted by atomic mass is 16.5. The molecule has 0 spiro atoms. The molecule has 1 saturated carbocycles. The number of benzene rings is 1. The van der Waals surface area contributed by atoms with Crippen molar-refractivity contribution < 1.29 is 4.74 Å². The summed E-state index contributed by atoms with van der Waals surface area (Å²) in [6, 6.07) is 9.05. The normalized spacial score (nSPS) is 23.7. The van der Waals surface area contributed by atoms with E-state index in [0.29, 0.717) is 6.10 Å². The maximum Gasteiger partial charge on any atom is 0.0703 e. The highest BCUT2D eigenvalue weighted by Gasteiger charge is 2.31. The lowest BCUT2D eigenvalue weighted by molar-refractivity contribution is 0.0677. The van der Waals surface area contributed by atoms with Crippen LogP contribution in [0.1, 0.15) is 31.2 Å². The number of nitrogen functional groups attached to an aromatic ring is 1. The molecule has 1 unspecified atom stereocenters. The van der Waals surface area contributed by atoms with Crippen molar-refractivity contribution in [3.8, 4) is 0 Å². The van der Waals surface area contributed by atoms with Crippen LogP contribution in [0, 0.1) is 0 Å². The van der Waals surface area contributed by atoms with Crippen LogP contribution in [0.3, 0.4) is 0 Å². The van der Waals surface area contributed by atoms with Crippen molar-refractivity contribution in [1.29, 1.82) is 0 Å². The molecule has 2 N–H and O–H groups in total. The Morgan fingerprint density at radius 3 is 2.56 bits per heavy atom. The molecule has 98 valence electrons. The molecular formula is C15H22N2O. The van der Waals surface area contributed by atoms with E-state index >= 15 is 0 Å². The Morgan fingerprint density at radius 2 is 1.94 bits per heavy atom. The first kappa shape index (κ1) is 12.0. The summed E-state index contributed by atoms with van der Waals surface area (Å²) in [7, 11) is 0. The van der Waals surface area contributed by atoms with Gasteiger partial charge in [0.2, 0.25) is 0 Å². The maximum atomic E-state index is 5.76.